The first-order valence-corrected chi connectivity index (χ1v) is 3.75. The van der Waals surface area contributed by atoms with Crippen LogP contribution in [0.15, 0.2) is 12.1 Å². The Morgan fingerprint density at radius 2 is 1.93 bits per heavy atom. The van der Waals surface area contributed by atoms with Crippen LogP contribution in [-0.4, -0.2) is 11.4 Å². The molecule has 0 amide bonds. The summed E-state index contributed by atoms with van der Waals surface area (Å²) in [5, 5.41) is 8.81. The molecule has 0 aliphatic heterocycles. The first-order valence-electron chi connectivity index (χ1n) is 3.75. The number of halogens is 2. The van der Waals surface area contributed by atoms with Crippen LogP contribution >= 0.6 is 0 Å². The number of hydrogen-bond donors (Lipinski definition) is 1. The van der Waals surface area contributed by atoms with Gasteiger partial charge in [0, 0.05) is 12.1 Å². The molecule has 0 aliphatic carbocycles. The summed E-state index contributed by atoms with van der Waals surface area (Å²) in [4.78, 5) is 9.89. The van der Waals surface area contributed by atoms with Gasteiger partial charge in [-0.05, 0) is 0 Å². The number of carbonyl (C=O) groups excluding carboxylic acids is 1. The minimum absolute atomic E-state index is 0.0836. The van der Waals surface area contributed by atoms with Crippen LogP contribution < -0.4 is 0 Å². The molecule has 1 aromatic rings. The zero-order valence-electron chi connectivity index (χ0n) is 7.05. The van der Waals surface area contributed by atoms with Gasteiger partial charge in [-0.2, -0.15) is 0 Å². The molecule has 0 unspecified atom stereocenters. The molecule has 0 saturated heterocycles. The first kappa shape index (κ1) is 10.2. The second-order valence-corrected chi connectivity index (χ2v) is 2.46. The molecular weight excluding hydrogens is 190 g/mol. The number of aromatic hydroxyl groups is 1. The Morgan fingerprint density at radius 1 is 1.36 bits per heavy atom. The quantitative estimate of drug-likeness (QED) is 0.547. The van der Waals surface area contributed by atoms with Gasteiger partial charge < -0.3 is 9.90 Å². The predicted octanol–water partition coefficient (Wildman–Crippen LogP) is 1.61. The largest absolute Gasteiger partial charge is 0.508 e. The summed E-state index contributed by atoms with van der Waals surface area (Å²) < 4.78 is 25.9. The van der Waals surface area contributed by atoms with E-state index < -0.39 is 22.9 Å². The van der Waals surface area contributed by atoms with Crippen molar-refractivity contribution in [3.8, 4) is 17.6 Å². The van der Waals surface area contributed by atoms with Crippen molar-refractivity contribution in [1.82, 2.24) is 0 Å². The van der Waals surface area contributed by atoms with Crippen molar-refractivity contribution in [2.45, 2.75) is 6.42 Å². The Morgan fingerprint density at radius 3 is 2.43 bits per heavy atom. The van der Waals surface area contributed by atoms with Crippen molar-refractivity contribution < 1.29 is 18.7 Å². The average molecular weight is 196 g/mol. The fourth-order valence-electron chi connectivity index (χ4n) is 0.860. The van der Waals surface area contributed by atoms with Gasteiger partial charge in [0.1, 0.15) is 23.7 Å². The molecule has 1 aromatic carbocycles. The van der Waals surface area contributed by atoms with Gasteiger partial charge in [0.15, 0.2) is 0 Å². The molecule has 0 aliphatic rings. The minimum atomic E-state index is -0.944. The second-order valence-electron chi connectivity index (χ2n) is 2.46. The van der Waals surface area contributed by atoms with E-state index in [1.165, 1.54) is 0 Å². The number of benzene rings is 1. The predicted molar refractivity (Wildman–Crippen MR) is 45.6 cm³/mol. The topological polar surface area (TPSA) is 37.3 Å². The molecule has 0 atom stereocenters. The van der Waals surface area contributed by atoms with E-state index >= 15 is 0 Å². The molecule has 1 rings (SSSR count). The first-order chi connectivity index (χ1) is 6.65. The maximum absolute atomic E-state index is 12.9. The SMILES string of the molecule is O=CCC#Cc1c(F)cc(O)cc1F. The van der Waals surface area contributed by atoms with Crippen molar-refractivity contribution in [2.75, 3.05) is 0 Å². The molecule has 0 radical (unpaired) electrons. The van der Waals surface area contributed by atoms with E-state index in [1.807, 2.05) is 0 Å². The van der Waals surface area contributed by atoms with Crippen molar-refractivity contribution >= 4 is 6.29 Å². The Balaban J connectivity index is 3.10. The molecule has 0 bridgehead atoms. The molecule has 0 spiro atoms. The van der Waals surface area contributed by atoms with Crippen molar-refractivity contribution in [3.05, 3.63) is 29.3 Å². The summed E-state index contributed by atoms with van der Waals surface area (Å²) >= 11 is 0. The van der Waals surface area contributed by atoms with E-state index in [-0.39, 0.29) is 6.42 Å². The fraction of sp³-hybridized carbons (Fsp3) is 0.100. The lowest BCUT2D eigenvalue weighted by molar-refractivity contribution is -0.107. The lowest BCUT2D eigenvalue weighted by Crippen LogP contribution is -1.89. The third-order valence-corrected chi connectivity index (χ3v) is 1.43. The highest BCUT2D eigenvalue weighted by molar-refractivity contribution is 5.55. The Kier molecular flexibility index (Phi) is 3.19. The second kappa shape index (κ2) is 4.38. The van der Waals surface area contributed by atoms with Crippen molar-refractivity contribution in [2.24, 2.45) is 0 Å². The lowest BCUT2D eigenvalue weighted by atomic mass is 10.2. The molecule has 2 nitrogen and oxygen atoms in total. The maximum atomic E-state index is 12.9. The minimum Gasteiger partial charge on any atom is -0.508 e. The van der Waals surface area contributed by atoms with E-state index in [9.17, 15) is 13.6 Å². The van der Waals surface area contributed by atoms with Gasteiger partial charge in [0.05, 0.1) is 12.0 Å². The third kappa shape index (κ3) is 2.30. The highest BCUT2D eigenvalue weighted by Gasteiger charge is 2.07. The normalized spacial score (nSPS) is 9.00. The zero-order chi connectivity index (χ0) is 10.6. The monoisotopic (exact) mass is 196 g/mol. The summed E-state index contributed by atoms with van der Waals surface area (Å²) in [6.45, 7) is 0. The van der Waals surface area contributed by atoms with E-state index in [0.717, 1.165) is 12.1 Å². The van der Waals surface area contributed by atoms with Gasteiger partial charge in [0.2, 0.25) is 0 Å². The van der Waals surface area contributed by atoms with Crippen LogP contribution in [0.4, 0.5) is 8.78 Å². The molecule has 14 heavy (non-hydrogen) atoms. The van der Waals surface area contributed by atoms with E-state index in [2.05, 4.69) is 11.8 Å². The molecule has 0 saturated carbocycles. The third-order valence-electron chi connectivity index (χ3n) is 1.43. The summed E-state index contributed by atoms with van der Waals surface area (Å²) in [6, 6.07) is 1.52. The highest BCUT2D eigenvalue weighted by atomic mass is 19.1. The highest BCUT2D eigenvalue weighted by Crippen LogP contribution is 2.18. The summed E-state index contributed by atoms with van der Waals surface area (Å²) in [7, 11) is 0. The smallest absolute Gasteiger partial charge is 0.145 e. The average Bonchev–Trinajstić information content (AvgIpc) is 2.09. The van der Waals surface area contributed by atoms with Crippen LogP contribution in [-0.2, 0) is 4.79 Å². The van der Waals surface area contributed by atoms with Gasteiger partial charge >= 0.3 is 0 Å². The van der Waals surface area contributed by atoms with E-state index in [1.54, 1.807) is 0 Å². The van der Waals surface area contributed by atoms with E-state index in [4.69, 9.17) is 5.11 Å². The fourth-order valence-corrected chi connectivity index (χ4v) is 0.860. The van der Waals surface area contributed by atoms with Crippen molar-refractivity contribution in [3.63, 3.8) is 0 Å². The van der Waals surface area contributed by atoms with E-state index in [0.29, 0.717) is 6.29 Å². The summed E-state index contributed by atoms with van der Waals surface area (Å²) in [5.41, 5.74) is -0.440. The standard InChI is InChI=1S/C10H6F2O2/c11-9-5-7(14)6-10(12)8(9)3-1-2-4-13/h4-6,14H,2H2. The van der Waals surface area contributed by atoms with Gasteiger partial charge in [-0.15, -0.1) is 0 Å². The Hall–Kier alpha value is -1.89. The zero-order valence-corrected chi connectivity index (χ0v) is 7.05. The molecular formula is C10H6F2O2. The number of hydrogen-bond acceptors (Lipinski definition) is 2. The number of phenols is 1. The van der Waals surface area contributed by atoms with Crippen LogP contribution in [0.2, 0.25) is 0 Å². The maximum Gasteiger partial charge on any atom is 0.145 e. The lowest BCUT2D eigenvalue weighted by Gasteiger charge is -1.97. The van der Waals surface area contributed by atoms with Gasteiger partial charge in [-0.3, -0.25) is 0 Å². The van der Waals surface area contributed by atoms with Gasteiger partial charge in [-0.25, -0.2) is 8.78 Å². The number of aldehydes is 1. The van der Waals surface area contributed by atoms with Gasteiger partial charge in [-0.1, -0.05) is 11.8 Å². The molecule has 72 valence electrons. The molecule has 0 aromatic heterocycles. The molecule has 0 heterocycles. The van der Waals surface area contributed by atoms with Crippen LogP contribution in [0.25, 0.3) is 0 Å². The summed E-state index contributed by atoms with van der Waals surface area (Å²) in [5.74, 6) is 2.05. The van der Waals surface area contributed by atoms with Crippen LogP contribution in [0, 0.1) is 23.5 Å². The van der Waals surface area contributed by atoms with Crippen molar-refractivity contribution in [1.29, 1.82) is 0 Å². The number of phenolic OH excluding ortho intramolecular Hbond substituents is 1. The Labute approximate surface area is 79.2 Å². The van der Waals surface area contributed by atoms with Gasteiger partial charge in [0.25, 0.3) is 0 Å². The van der Waals surface area contributed by atoms with Crippen LogP contribution in [0.5, 0.6) is 5.75 Å². The molecule has 0 fully saturated rings. The molecule has 4 heteroatoms. The molecule has 1 N–H and O–H groups in total. The van der Waals surface area contributed by atoms with Crippen LogP contribution in [0.1, 0.15) is 12.0 Å². The summed E-state index contributed by atoms with van der Waals surface area (Å²) in [6.07, 6.45) is 0.447. The number of carbonyl (C=O) groups is 1. The Bertz CT molecular complexity index is 393. The van der Waals surface area contributed by atoms with Crippen LogP contribution in [0.3, 0.4) is 0 Å². The number of rotatable bonds is 1.